The van der Waals surface area contributed by atoms with Crippen LogP contribution in [0, 0.1) is 6.92 Å². The molecule has 1 aromatic carbocycles. The number of aromatic nitrogens is 1. The molecule has 0 aliphatic heterocycles. The summed E-state index contributed by atoms with van der Waals surface area (Å²) in [7, 11) is 0. The van der Waals surface area contributed by atoms with Gasteiger partial charge in [-0.2, -0.15) is 0 Å². The van der Waals surface area contributed by atoms with Gasteiger partial charge < -0.3 is 0 Å². The Balaban J connectivity index is 2.23. The summed E-state index contributed by atoms with van der Waals surface area (Å²) in [6.07, 6.45) is 2.00. The molecule has 2 rings (SSSR count). The Bertz CT molecular complexity index is 537. The maximum atomic E-state index is 12.1. The van der Waals surface area contributed by atoms with E-state index in [1.165, 1.54) is 0 Å². The normalized spacial score (nSPS) is 10.2. The molecule has 0 aliphatic carbocycles. The number of carbonyl (C=O) groups excluding carboxylic acids is 1. The zero-order valence-corrected chi connectivity index (χ0v) is 10.2. The molecule has 0 fully saturated rings. The molecule has 0 amide bonds. The number of nitrogens with zero attached hydrogens (tertiary/aromatic N) is 1. The van der Waals surface area contributed by atoms with Gasteiger partial charge in [-0.25, -0.2) is 0 Å². The van der Waals surface area contributed by atoms with Gasteiger partial charge in [0.2, 0.25) is 0 Å². The summed E-state index contributed by atoms with van der Waals surface area (Å²) in [6.45, 7) is 1.90. The van der Waals surface area contributed by atoms with Gasteiger partial charge in [-0.05, 0) is 36.8 Å². The zero-order valence-electron chi connectivity index (χ0n) is 9.48. The van der Waals surface area contributed by atoms with Crippen molar-refractivity contribution in [2.24, 2.45) is 0 Å². The zero-order chi connectivity index (χ0) is 12.3. The number of benzene rings is 1. The van der Waals surface area contributed by atoms with Crippen LogP contribution in [0.5, 0.6) is 0 Å². The summed E-state index contributed by atoms with van der Waals surface area (Å²) in [4.78, 5) is 16.2. The Morgan fingerprint density at radius 2 is 2.12 bits per heavy atom. The van der Waals surface area contributed by atoms with Crippen LogP contribution >= 0.6 is 11.6 Å². The van der Waals surface area contributed by atoms with Gasteiger partial charge in [0.15, 0.2) is 5.78 Å². The van der Waals surface area contributed by atoms with E-state index in [0.717, 1.165) is 11.3 Å². The fourth-order valence-electron chi connectivity index (χ4n) is 1.66. The number of pyridine rings is 1. The van der Waals surface area contributed by atoms with E-state index in [9.17, 15) is 4.79 Å². The van der Waals surface area contributed by atoms with Crippen molar-refractivity contribution in [2.45, 2.75) is 13.3 Å². The molecule has 0 spiro atoms. The molecule has 2 nitrogen and oxygen atoms in total. The predicted octanol–water partition coefficient (Wildman–Crippen LogP) is 3.47. The van der Waals surface area contributed by atoms with Crippen molar-refractivity contribution in [1.29, 1.82) is 0 Å². The summed E-state index contributed by atoms with van der Waals surface area (Å²) in [5.74, 6) is 0.0451. The second-order valence-electron chi connectivity index (χ2n) is 3.88. The first-order valence-electron chi connectivity index (χ1n) is 5.36. The highest BCUT2D eigenvalue weighted by atomic mass is 35.5. The van der Waals surface area contributed by atoms with Gasteiger partial charge in [0.05, 0.1) is 6.42 Å². The summed E-state index contributed by atoms with van der Waals surface area (Å²) >= 11 is 5.90. The number of ketones is 1. The van der Waals surface area contributed by atoms with E-state index in [2.05, 4.69) is 4.98 Å². The molecule has 17 heavy (non-hydrogen) atoms. The minimum absolute atomic E-state index is 0.0451. The lowest BCUT2D eigenvalue weighted by Gasteiger charge is -2.05. The number of halogens is 1. The molecule has 1 aromatic heterocycles. The molecule has 0 saturated carbocycles. The van der Waals surface area contributed by atoms with Crippen LogP contribution in [0.15, 0.2) is 42.6 Å². The van der Waals surface area contributed by atoms with Crippen molar-refractivity contribution in [3.63, 3.8) is 0 Å². The second-order valence-corrected chi connectivity index (χ2v) is 4.32. The average Bonchev–Trinajstić information content (AvgIpc) is 2.33. The van der Waals surface area contributed by atoms with E-state index in [-0.39, 0.29) is 5.78 Å². The summed E-state index contributed by atoms with van der Waals surface area (Å²) in [5.41, 5.74) is 2.38. The number of hydrogen-bond donors (Lipinski definition) is 0. The Kier molecular flexibility index (Phi) is 3.55. The number of rotatable bonds is 3. The molecule has 2 aromatic rings. The van der Waals surface area contributed by atoms with E-state index in [1.807, 2.05) is 31.2 Å². The van der Waals surface area contributed by atoms with Crippen LogP contribution in [-0.4, -0.2) is 10.8 Å². The topological polar surface area (TPSA) is 30.0 Å². The van der Waals surface area contributed by atoms with E-state index in [1.54, 1.807) is 18.3 Å². The largest absolute Gasteiger partial charge is 0.294 e. The molecule has 3 heteroatoms. The van der Waals surface area contributed by atoms with Gasteiger partial charge in [0, 0.05) is 22.5 Å². The molecule has 0 atom stereocenters. The molecule has 0 radical (unpaired) electrons. The molecule has 0 unspecified atom stereocenters. The van der Waals surface area contributed by atoms with E-state index in [4.69, 9.17) is 11.6 Å². The first kappa shape index (κ1) is 11.8. The first-order chi connectivity index (χ1) is 8.16. The lowest BCUT2D eigenvalue weighted by atomic mass is 10.0. The monoisotopic (exact) mass is 245 g/mol. The quantitative estimate of drug-likeness (QED) is 0.775. The van der Waals surface area contributed by atoms with Gasteiger partial charge in [-0.15, -0.1) is 0 Å². The minimum Gasteiger partial charge on any atom is -0.294 e. The number of carbonyl (C=O) groups is 1. The van der Waals surface area contributed by atoms with Crippen molar-refractivity contribution >= 4 is 17.4 Å². The van der Waals surface area contributed by atoms with Crippen LogP contribution in [0.2, 0.25) is 5.02 Å². The van der Waals surface area contributed by atoms with E-state index >= 15 is 0 Å². The van der Waals surface area contributed by atoms with Crippen LogP contribution in [0.25, 0.3) is 0 Å². The Labute approximate surface area is 105 Å². The second kappa shape index (κ2) is 5.11. The van der Waals surface area contributed by atoms with Gasteiger partial charge in [0.25, 0.3) is 0 Å². The van der Waals surface area contributed by atoms with Crippen LogP contribution < -0.4 is 0 Å². The Morgan fingerprint density at radius 3 is 2.82 bits per heavy atom. The SMILES string of the molecule is Cc1ccc(Cl)cc1C(=O)Cc1ccccn1. The third-order valence-electron chi connectivity index (χ3n) is 2.57. The summed E-state index contributed by atoms with van der Waals surface area (Å²) in [6, 6.07) is 10.9. The maximum Gasteiger partial charge on any atom is 0.169 e. The highest BCUT2D eigenvalue weighted by molar-refractivity contribution is 6.31. The Hall–Kier alpha value is -1.67. The van der Waals surface area contributed by atoms with Crippen molar-refractivity contribution in [3.8, 4) is 0 Å². The first-order valence-corrected chi connectivity index (χ1v) is 5.74. The van der Waals surface area contributed by atoms with Crippen LogP contribution in [-0.2, 0) is 6.42 Å². The number of aryl methyl sites for hydroxylation is 1. The molecule has 0 aliphatic rings. The van der Waals surface area contributed by atoms with Crippen LogP contribution in [0.1, 0.15) is 21.6 Å². The summed E-state index contributed by atoms with van der Waals surface area (Å²) < 4.78 is 0. The van der Waals surface area contributed by atoms with E-state index < -0.39 is 0 Å². The van der Waals surface area contributed by atoms with Gasteiger partial charge in [-0.3, -0.25) is 9.78 Å². The molecular weight excluding hydrogens is 234 g/mol. The third kappa shape index (κ3) is 2.92. The van der Waals surface area contributed by atoms with Crippen molar-refractivity contribution in [2.75, 3.05) is 0 Å². The molecular formula is C14H12ClNO. The van der Waals surface area contributed by atoms with Gasteiger partial charge in [0.1, 0.15) is 0 Å². The fraction of sp³-hybridized carbons (Fsp3) is 0.143. The van der Waals surface area contributed by atoms with Gasteiger partial charge in [-0.1, -0.05) is 23.7 Å². The lowest BCUT2D eigenvalue weighted by molar-refractivity contribution is 0.0991. The smallest absolute Gasteiger partial charge is 0.169 e. The fourth-order valence-corrected chi connectivity index (χ4v) is 1.83. The van der Waals surface area contributed by atoms with E-state index in [0.29, 0.717) is 17.0 Å². The predicted molar refractivity (Wildman–Crippen MR) is 68.5 cm³/mol. The minimum atomic E-state index is 0.0451. The highest BCUT2D eigenvalue weighted by Crippen LogP contribution is 2.17. The third-order valence-corrected chi connectivity index (χ3v) is 2.80. The maximum absolute atomic E-state index is 12.1. The lowest BCUT2D eigenvalue weighted by Crippen LogP contribution is -2.06. The van der Waals surface area contributed by atoms with Crippen molar-refractivity contribution in [3.05, 3.63) is 64.4 Å². The molecule has 0 saturated heterocycles. The molecule has 0 N–H and O–H groups in total. The van der Waals surface area contributed by atoms with Crippen LogP contribution in [0.3, 0.4) is 0 Å². The molecule has 0 bridgehead atoms. The molecule has 1 heterocycles. The average molecular weight is 246 g/mol. The van der Waals surface area contributed by atoms with Gasteiger partial charge >= 0.3 is 0 Å². The number of Topliss-reactive ketones (excluding diaryl/α,β-unsaturated/α-hetero) is 1. The number of hydrogen-bond acceptors (Lipinski definition) is 2. The standard InChI is InChI=1S/C14H12ClNO/c1-10-5-6-11(15)8-13(10)14(17)9-12-4-2-3-7-16-12/h2-8H,9H2,1H3. The van der Waals surface area contributed by atoms with Crippen molar-refractivity contribution in [1.82, 2.24) is 4.98 Å². The highest BCUT2D eigenvalue weighted by Gasteiger charge is 2.10. The summed E-state index contributed by atoms with van der Waals surface area (Å²) in [5, 5.41) is 0.583. The van der Waals surface area contributed by atoms with Crippen molar-refractivity contribution < 1.29 is 4.79 Å². The van der Waals surface area contributed by atoms with Crippen LogP contribution in [0.4, 0.5) is 0 Å². The molecule has 86 valence electrons. The Morgan fingerprint density at radius 1 is 1.29 bits per heavy atom.